The predicted molar refractivity (Wildman–Crippen MR) is 48.7 cm³/mol. The van der Waals surface area contributed by atoms with Gasteiger partial charge in [-0.25, -0.2) is 13.2 Å². The second-order valence-electron chi connectivity index (χ2n) is 2.43. The minimum absolute atomic E-state index is 0.178. The zero-order valence-corrected chi connectivity index (χ0v) is 8.98. The summed E-state index contributed by atoms with van der Waals surface area (Å²) in [6.45, 7) is 0. The van der Waals surface area contributed by atoms with Crippen molar-refractivity contribution in [1.82, 2.24) is 4.37 Å². The Morgan fingerprint density at radius 2 is 2.14 bits per heavy atom. The summed E-state index contributed by atoms with van der Waals surface area (Å²) < 4.78 is 30.2. The van der Waals surface area contributed by atoms with Crippen molar-refractivity contribution in [3.05, 3.63) is 5.56 Å². The second-order valence-corrected chi connectivity index (χ2v) is 5.42. The van der Waals surface area contributed by atoms with E-state index >= 15 is 0 Å². The average molecular weight is 237 g/mol. The van der Waals surface area contributed by atoms with Crippen LogP contribution in [0.15, 0.2) is 4.21 Å². The van der Waals surface area contributed by atoms with Crippen LogP contribution >= 0.6 is 11.5 Å². The van der Waals surface area contributed by atoms with Gasteiger partial charge in [0.25, 0.3) is 0 Å². The van der Waals surface area contributed by atoms with Gasteiger partial charge in [-0.15, -0.1) is 0 Å². The number of hydrogen-bond donors (Lipinski definition) is 1. The minimum atomic E-state index is -3.57. The lowest BCUT2D eigenvalue weighted by atomic mass is 10.4. The van der Waals surface area contributed by atoms with E-state index < -0.39 is 21.4 Å². The molecule has 8 heteroatoms. The number of hydrogen-bond acceptors (Lipinski definition) is 6. The Labute approximate surface area is 84.2 Å². The highest BCUT2D eigenvalue weighted by atomic mass is 32.2. The summed E-state index contributed by atoms with van der Waals surface area (Å²) in [7, 11) is -2.34. The Morgan fingerprint density at radius 1 is 1.57 bits per heavy atom. The fraction of sp³-hybridized carbons (Fsp3) is 0.333. The Hall–Kier alpha value is -1.15. The summed E-state index contributed by atoms with van der Waals surface area (Å²) in [5.41, 5.74) is -0.403. The molecule has 0 amide bonds. The molecule has 1 rings (SSSR count). The van der Waals surface area contributed by atoms with Crippen molar-refractivity contribution in [1.29, 1.82) is 0 Å². The maximum absolute atomic E-state index is 11.1. The predicted octanol–water partition coefficient (Wildman–Crippen LogP) is 0.253. The van der Waals surface area contributed by atoms with Gasteiger partial charge >= 0.3 is 5.97 Å². The molecule has 0 bridgehead atoms. The first-order valence-electron chi connectivity index (χ1n) is 3.35. The van der Waals surface area contributed by atoms with E-state index in [4.69, 9.17) is 5.11 Å². The van der Waals surface area contributed by atoms with E-state index in [1.54, 1.807) is 0 Å². The highest BCUT2D eigenvalue weighted by Gasteiger charge is 2.27. The van der Waals surface area contributed by atoms with Gasteiger partial charge in [0.15, 0.2) is 19.6 Å². The normalized spacial score (nSPS) is 11.3. The molecule has 0 atom stereocenters. The average Bonchev–Trinajstić information content (AvgIpc) is 2.45. The largest absolute Gasteiger partial charge is 0.480 e. The van der Waals surface area contributed by atoms with Gasteiger partial charge in [0.2, 0.25) is 5.88 Å². The number of rotatable bonds is 3. The van der Waals surface area contributed by atoms with Crippen LogP contribution in [0.25, 0.3) is 0 Å². The molecular weight excluding hydrogens is 230 g/mol. The first-order chi connectivity index (χ1) is 6.38. The van der Waals surface area contributed by atoms with Crippen molar-refractivity contribution in [3.63, 3.8) is 0 Å². The molecule has 0 aliphatic carbocycles. The zero-order valence-electron chi connectivity index (χ0n) is 7.34. The number of carboxylic acids is 1. The van der Waals surface area contributed by atoms with Crippen molar-refractivity contribution in [2.45, 2.75) is 4.21 Å². The van der Waals surface area contributed by atoms with E-state index in [0.717, 1.165) is 6.26 Å². The number of aromatic nitrogens is 1. The second kappa shape index (κ2) is 3.54. The van der Waals surface area contributed by atoms with Crippen LogP contribution in [0.4, 0.5) is 0 Å². The molecule has 0 aliphatic heterocycles. The molecule has 78 valence electrons. The number of ether oxygens (including phenoxy) is 1. The third-order valence-electron chi connectivity index (χ3n) is 1.37. The van der Waals surface area contributed by atoms with E-state index in [0.29, 0.717) is 11.5 Å². The SMILES string of the molecule is COc1nsc(S(C)(=O)=O)c1C(=O)O. The molecule has 0 aliphatic rings. The third-order valence-corrected chi connectivity index (χ3v) is 4.01. The van der Waals surface area contributed by atoms with E-state index in [-0.39, 0.29) is 10.1 Å². The Morgan fingerprint density at radius 3 is 2.50 bits per heavy atom. The molecular formula is C6H7NO5S2. The van der Waals surface area contributed by atoms with Crippen LogP contribution in [0, 0.1) is 0 Å². The minimum Gasteiger partial charge on any atom is -0.480 e. The van der Waals surface area contributed by atoms with Gasteiger partial charge in [0, 0.05) is 6.26 Å². The molecule has 0 saturated heterocycles. The zero-order chi connectivity index (χ0) is 10.9. The number of aromatic carboxylic acids is 1. The molecule has 1 aromatic rings. The van der Waals surface area contributed by atoms with Crippen LogP contribution in [0.5, 0.6) is 5.88 Å². The topological polar surface area (TPSA) is 93.6 Å². The summed E-state index contributed by atoms with van der Waals surface area (Å²) in [4.78, 5) is 10.7. The van der Waals surface area contributed by atoms with Crippen molar-refractivity contribution >= 4 is 27.3 Å². The van der Waals surface area contributed by atoms with Crippen molar-refractivity contribution in [2.75, 3.05) is 13.4 Å². The van der Waals surface area contributed by atoms with E-state index in [2.05, 4.69) is 9.11 Å². The number of sulfone groups is 1. The van der Waals surface area contributed by atoms with Gasteiger partial charge in [-0.1, -0.05) is 0 Å². The number of methoxy groups -OCH3 is 1. The lowest BCUT2D eigenvalue weighted by Gasteiger charge is -1.97. The van der Waals surface area contributed by atoms with Crippen LogP contribution in [-0.2, 0) is 9.84 Å². The molecule has 0 radical (unpaired) electrons. The van der Waals surface area contributed by atoms with Crippen molar-refractivity contribution < 1.29 is 23.1 Å². The summed E-state index contributed by atoms with van der Waals surface area (Å²) >= 11 is 0.592. The highest BCUT2D eigenvalue weighted by molar-refractivity contribution is 7.92. The van der Waals surface area contributed by atoms with E-state index in [1.807, 2.05) is 0 Å². The molecule has 0 fully saturated rings. The molecule has 0 saturated carbocycles. The van der Waals surface area contributed by atoms with Crippen molar-refractivity contribution in [2.24, 2.45) is 0 Å². The van der Waals surface area contributed by atoms with Crippen LogP contribution in [0.1, 0.15) is 10.4 Å². The number of nitrogens with zero attached hydrogens (tertiary/aromatic N) is 1. The summed E-state index contributed by atoms with van der Waals surface area (Å²) in [6, 6.07) is 0. The molecule has 14 heavy (non-hydrogen) atoms. The highest BCUT2D eigenvalue weighted by Crippen LogP contribution is 2.29. The van der Waals surface area contributed by atoms with Gasteiger partial charge in [-0.05, 0) is 11.5 Å². The van der Waals surface area contributed by atoms with Gasteiger partial charge < -0.3 is 9.84 Å². The lowest BCUT2D eigenvalue weighted by molar-refractivity contribution is 0.0689. The maximum atomic E-state index is 11.1. The van der Waals surface area contributed by atoms with Gasteiger partial charge in [0.1, 0.15) is 0 Å². The van der Waals surface area contributed by atoms with Crippen LogP contribution in [0.3, 0.4) is 0 Å². The quantitative estimate of drug-likeness (QED) is 0.810. The van der Waals surface area contributed by atoms with Crippen LogP contribution in [-0.4, -0.2) is 37.2 Å². The van der Waals surface area contributed by atoms with Gasteiger partial charge in [0.05, 0.1) is 7.11 Å². The van der Waals surface area contributed by atoms with Crippen LogP contribution in [0.2, 0.25) is 0 Å². The Bertz CT molecular complexity index is 461. The maximum Gasteiger partial charge on any atom is 0.343 e. The fourth-order valence-electron chi connectivity index (χ4n) is 0.833. The first-order valence-corrected chi connectivity index (χ1v) is 6.01. The third kappa shape index (κ3) is 1.85. The lowest BCUT2D eigenvalue weighted by Crippen LogP contribution is -2.05. The molecule has 0 spiro atoms. The smallest absolute Gasteiger partial charge is 0.343 e. The monoisotopic (exact) mass is 237 g/mol. The number of carboxylic acid groups (broad SMARTS) is 1. The molecule has 1 N–H and O–H groups in total. The summed E-state index contributed by atoms with van der Waals surface area (Å²) in [6.07, 6.45) is 0.923. The van der Waals surface area contributed by atoms with Gasteiger partial charge in [-0.3, -0.25) is 0 Å². The molecule has 6 nitrogen and oxygen atoms in total. The van der Waals surface area contributed by atoms with Gasteiger partial charge in [-0.2, -0.15) is 4.37 Å². The van der Waals surface area contributed by atoms with Crippen molar-refractivity contribution in [3.8, 4) is 5.88 Å². The molecule has 0 aromatic carbocycles. The van der Waals surface area contributed by atoms with Crippen LogP contribution < -0.4 is 4.74 Å². The number of carbonyl (C=O) groups is 1. The Kier molecular flexibility index (Phi) is 2.76. The summed E-state index contributed by atoms with van der Waals surface area (Å²) in [5.74, 6) is -1.54. The molecule has 1 aromatic heterocycles. The summed E-state index contributed by atoms with van der Waals surface area (Å²) in [5, 5.41) is 8.75. The van der Waals surface area contributed by atoms with E-state index in [1.165, 1.54) is 7.11 Å². The first kappa shape index (κ1) is 10.9. The Balaban J connectivity index is 3.48. The molecule has 1 heterocycles. The fourth-order valence-corrected chi connectivity index (χ4v) is 2.63. The standard InChI is InChI=1S/C6H7NO5S2/c1-12-4-3(5(8)9)6(13-7-4)14(2,10)11/h1-2H3,(H,8,9). The molecule has 0 unspecified atom stereocenters. The van der Waals surface area contributed by atoms with E-state index in [9.17, 15) is 13.2 Å².